The van der Waals surface area contributed by atoms with Crippen molar-refractivity contribution in [3.05, 3.63) is 41.2 Å². The molecule has 0 aromatic heterocycles. The molecule has 0 spiro atoms. The molecule has 1 atom stereocenters. The lowest BCUT2D eigenvalue weighted by atomic mass is 9.82. The Morgan fingerprint density at radius 2 is 1.70 bits per heavy atom. The van der Waals surface area contributed by atoms with Crippen molar-refractivity contribution in [1.82, 2.24) is 9.80 Å². The molecule has 1 unspecified atom stereocenters. The predicted molar refractivity (Wildman–Crippen MR) is 114 cm³/mol. The number of esters is 1. The summed E-state index contributed by atoms with van der Waals surface area (Å²) < 4.78 is 5.08. The van der Waals surface area contributed by atoms with Gasteiger partial charge in [0.1, 0.15) is 5.75 Å². The minimum Gasteiger partial charge on any atom is -0.503 e. The van der Waals surface area contributed by atoms with Crippen molar-refractivity contribution in [2.24, 2.45) is 5.41 Å². The fourth-order valence-corrected chi connectivity index (χ4v) is 3.54. The summed E-state index contributed by atoms with van der Waals surface area (Å²) in [5.74, 6) is -1.34. The number of carbonyl (C=O) groups excluding carboxylic acids is 3. The van der Waals surface area contributed by atoms with E-state index >= 15 is 0 Å². The largest absolute Gasteiger partial charge is 0.503 e. The highest BCUT2D eigenvalue weighted by molar-refractivity contribution is 6.10. The summed E-state index contributed by atoms with van der Waals surface area (Å²) in [6.45, 7) is 13.4. The summed E-state index contributed by atoms with van der Waals surface area (Å²) in [5, 5.41) is 10.6. The molecule has 7 heteroatoms. The summed E-state index contributed by atoms with van der Waals surface area (Å²) in [5.41, 5.74) is 0.0386. The van der Waals surface area contributed by atoms with Gasteiger partial charge in [-0.3, -0.25) is 14.4 Å². The minimum atomic E-state index is -0.756. The number of Topliss-reactive ketones (excluding diaryl/α,β-unsaturated/α-hetero) is 1. The van der Waals surface area contributed by atoms with E-state index < -0.39 is 29.1 Å². The number of ketones is 1. The van der Waals surface area contributed by atoms with Crippen molar-refractivity contribution in [1.29, 1.82) is 0 Å². The van der Waals surface area contributed by atoms with Crippen LogP contribution in [-0.4, -0.2) is 58.7 Å². The first-order valence-electron chi connectivity index (χ1n) is 10.3. The number of aliphatic hydroxyl groups is 1. The van der Waals surface area contributed by atoms with Crippen molar-refractivity contribution in [2.75, 3.05) is 26.2 Å². The highest BCUT2D eigenvalue weighted by atomic mass is 16.5. The molecule has 2 rings (SSSR count). The summed E-state index contributed by atoms with van der Waals surface area (Å²) >= 11 is 0. The van der Waals surface area contributed by atoms with E-state index in [9.17, 15) is 19.5 Å². The number of nitrogens with zero attached hydrogens (tertiary/aromatic N) is 2. The number of benzene rings is 1. The average Bonchev–Trinajstić information content (AvgIpc) is 2.92. The van der Waals surface area contributed by atoms with Crippen LogP contribution in [-0.2, 0) is 14.4 Å². The SMILES string of the molecule is CCN(CC)CCN1C(=O)C(O)=C(C(=O)C(C)(C)C)C1c1ccc(OC(C)=O)cc1. The van der Waals surface area contributed by atoms with Crippen molar-refractivity contribution in [3.63, 3.8) is 0 Å². The van der Waals surface area contributed by atoms with Crippen LogP contribution in [0.15, 0.2) is 35.6 Å². The molecule has 1 heterocycles. The van der Waals surface area contributed by atoms with E-state index in [-0.39, 0.29) is 11.4 Å². The lowest BCUT2D eigenvalue weighted by molar-refractivity contribution is -0.132. The van der Waals surface area contributed by atoms with Crippen LogP contribution in [0.5, 0.6) is 5.75 Å². The Bertz CT molecular complexity index is 832. The Hall–Kier alpha value is -2.67. The van der Waals surface area contributed by atoms with Gasteiger partial charge in [0.2, 0.25) is 0 Å². The highest BCUT2D eigenvalue weighted by Crippen LogP contribution is 2.41. The van der Waals surface area contributed by atoms with Crippen LogP contribution in [0, 0.1) is 5.41 Å². The molecule has 0 saturated heterocycles. The van der Waals surface area contributed by atoms with E-state index in [1.807, 2.05) is 13.8 Å². The number of hydrogen-bond donors (Lipinski definition) is 1. The molecule has 0 aliphatic carbocycles. The Morgan fingerprint density at radius 1 is 1.13 bits per heavy atom. The smallest absolute Gasteiger partial charge is 0.308 e. The average molecular weight is 417 g/mol. The summed E-state index contributed by atoms with van der Waals surface area (Å²) in [6, 6.07) is 5.99. The van der Waals surface area contributed by atoms with Gasteiger partial charge in [0.15, 0.2) is 11.5 Å². The number of carbonyl (C=O) groups is 3. The topological polar surface area (TPSA) is 87.2 Å². The van der Waals surface area contributed by atoms with Gasteiger partial charge in [-0.05, 0) is 30.8 Å². The molecule has 0 bridgehead atoms. The van der Waals surface area contributed by atoms with Gasteiger partial charge in [0.25, 0.3) is 5.91 Å². The van der Waals surface area contributed by atoms with Crippen molar-refractivity contribution in [2.45, 2.75) is 47.6 Å². The van der Waals surface area contributed by atoms with Crippen LogP contribution in [0.3, 0.4) is 0 Å². The minimum absolute atomic E-state index is 0.118. The third-order valence-corrected chi connectivity index (χ3v) is 5.24. The highest BCUT2D eigenvalue weighted by Gasteiger charge is 2.45. The van der Waals surface area contributed by atoms with E-state index in [2.05, 4.69) is 4.90 Å². The summed E-state index contributed by atoms with van der Waals surface area (Å²) in [7, 11) is 0. The molecule has 1 aliphatic rings. The lowest BCUT2D eigenvalue weighted by Gasteiger charge is -2.30. The van der Waals surface area contributed by atoms with Gasteiger partial charge < -0.3 is 19.6 Å². The van der Waals surface area contributed by atoms with Gasteiger partial charge in [-0.25, -0.2) is 0 Å². The monoisotopic (exact) mass is 416 g/mol. The Labute approximate surface area is 178 Å². The van der Waals surface area contributed by atoms with Crippen molar-refractivity contribution < 1.29 is 24.2 Å². The number of aliphatic hydroxyl groups excluding tert-OH is 1. The first kappa shape index (κ1) is 23.6. The zero-order valence-electron chi connectivity index (χ0n) is 18.7. The van der Waals surface area contributed by atoms with Gasteiger partial charge >= 0.3 is 5.97 Å². The van der Waals surface area contributed by atoms with Gasteiger partial charge in [0, 0.05) is 25.4 Å². The second-order valence-corrected chi connectivity index (χ2v) is 8.43. The quantitative estimate of drug-likeness (QED) is 0.517. The molecule has 1 aromatic rings. The second-order valence-electron chi connectivity index (χ2n) is 8.43. The standard InChI is InChI=1S/C23H32N2O5/c1-7-24(8-2)13-14-25-19(16-9-11-17(12-10-16)30-15(3)26)18(20(27)22(25)29)21(28)23(4,5)6/h9-12,19,27H,7-8,13-14H2,1-6H3. The first-order valence-corrected chi connectivity index (χ1v) is 10.3. The zero-order valence-corrected chi connectivity index (χ0v) is 18.7. The Kier molecular flexibility index (Phi) is 7.42. The van der Waals surface area contributed by atoms with Crippen LogP contribution in [0.1, 0.15) is 53.1 Å². The maximum absolute atomic E-state index is 13.1. The predicted octanol–water partition coefficient (Wildman–Crippen LogP) is 3.26. The van der Waals surface area contributed by atoms with Crippen LogP contribution in [0.25, 0.3) is 0 Å². The molecular weight excluding hydrogens is 384 g/mol. The molecule has 0 fully saturated rings. The molecule has 164 valence electrons. The van der Waals surface area contributed by atoms with E-state index in [1.165, 1.54) is 6.92 Å². The second kappa shape index (κ2) is 9.43. The Morgan fingerprint density at radius 3 is 2.17 bits per heavy atom. The fourth-order valence-electron chi connectivity index (χ4n) is 3.54. The Balaban J connectivity index is 2.46. The maximum Gasteiger partial charge on any atom is 0.308 e. The molecule has 30 heavy (non-hydrogen) atoms. The van der Waals surface area contributed by atoms with E-state index in [0.29, 0.717) is 24.4 Å². The van der Waals surface area contributed by atoms with Crippen LogP contribution in [0.2, 0.25) is 0 Å². The number of ether oxygens (including phenoxy) is 1. The van der Waals surface area contributed by atoms with Gasteiger partial charge in [-0.2, -0.15) is 0 Å². The molecule has 1 aliphatic heterocycles. The number of rotatable bonds is 8. The third kappa shape index (κ3) is 5.08. The summed E-state index contributed by atoms with van der Waals surface area (Å²) in [6.07, 6.45) is 0. The van der Waals surface area contributed by atoms with Gasteiger partial charge in [0.05, 0.1) is 11.6 Å². The zero-order chi connectivity index (χ0) is 22.6. The molecule has 1 N–H and O–H groups in total. The fraction of sp³-hybridized carbons (Fsp3) is 0.522. The van der Waals surface area contributed by atoms with E-state index in [1.54, 1.807) is 49.9 Å². The molecule has 0 radical (unpaired) electrons. The lowest BCUT2D eigenvalue weighted by Crippen LogP contribution is -2.39. The van der Waals surface area contributed by atoms with Crippen LogP contribution in [0.4, 0.5) is 0 Å². The van der Waals surface area contributed by atoms with Crippen LogP contribution < -0.4 is 4.74 Å². The third-order valence-electron chi connectivity index (χ3n) is 5.24. The van der Waals surface area contributed by atoms with Gasteiger partial charge in [-0.15, -0.1) is 0 Å². The normalized spacial score (nSPS) is 17.1. The molecular formula is C23H32N2O5. The number of likely N-dealkylation sites (N-methyl/N-ethyl adjacent to an activating group) is 1. The van der Waals surface area contributed by atoms with Crippen molar-refractivity contribution in [3.8, 4) is 5.75 Å². The summed E-state index contributed by atoms with van der Waals surface area (Å²) in [4.78, 5) is 41.0. The van der Waals surface area contributed by atoms with E-state index in [0.717, 1.165) is 13.1 Å². The molecule has 1 amide bonds. The molecule has 0 saturated carbocycles. The number of hydrogen-bond acceptors (Lipinski definition) is 6. The van der Waals surface area contributed by atoms with E-state index in [4.69, 9.17) is 4.74 Å². The number of amides is 1. The first-order chi connectivity index (χ1) is 14.0. The molecule has 7 nitrogen and oxygen atoms in total. The molecule has 1 aromatic carbocycles. The van der Waals surface area contributed by atoms with Crippen LogP contribution >= 0.6 is 0 Å². The van der Waals surface area contributed by atoms with Gasteiger partial charge in [-0.1, -0.05) is 46.8 Å². The van der Waals surface area contributed by atoms with Crippen molar-refractivity contribution >= 4 is 17.7 Å². The maximum atomic E-state index is 13.1.